The number of non-ortho nitro benzene ring substituents is 1. The van der Waals surface area contributed by atoms with Crippen molar-refractivity contribution in [1.29, 1.82) is 0 Å². The number of nitrogens with zero attached hydrogens (tertiary/aromatic N) is 1. The van der Waals surface area contributed by atoms with Gasteiger partial charge in [-0.25, -0.2) is 0 Å². The molecule has 0 spiro atoms. The van der Waals surface area contributed by atoms with E-state index in [9.17, 15) is 10.1 Å². The standard InChI is InChI=1S/C13H12N2O4/c14-10-5-11(15(17)18)7-13(6-10)19-12-3-1-2-9(4-12)8-16/h1-7,16H,8,14H2. The van der Waals surface area contributed by atoms with Crippen LogP contribution in [0.1, 0.15) is 5.56 Å². The van der Waals surface area contributed by atoms with E-state index in [-0.39, 0.29) is 23.7 Å². The Balaban J connectivity index is 2.29. The van der Waals surface area contributed by atoms with Gasteiger partial charge in [-0.1, -0.05) is 12.1 Å². The van der Waals surface area contributed by atoms with Crippen LogP contribution in [0.25, 0.3) is 0 Å². The van der Waals surface area contributed by atoms with Crippen molar-refractivity contribution in [1.82, 2.24) is 0 Å². The van der Waals surface area contributed by atoms with E-state index >= 15 is 0 Å². The summed E-state index contributed by atoms with van der Waals surface area (Å²) in [5.74, 6) is 0.758. The molecule has 0 aliphatic rings. The van der Waals surface area contributed by atoms with Gasteiger partial charge in [-0.2, -0.15) is 0 Å². The van der Waals surface area contributed by atoms with Gasteiger partial charge in [0.25, 0.3) is 5.69 Å². The smallest absolute Gasteiger partial charge is 0.275 e. The van der Waals surface area contributed by atoms with Crippen molar-refractivity contribution in [3.8, 4) is 11.5 Å². The second kappa shape index (κ2) is 5.36. The van der Waals surface area contributed by atoms with Crippen LogP contribution in [0.5, 0.6) is 11.5 Å². The summed E-state index contributed by atoms with van der Waals surface area (Å²) in [7, 11) is 0. The fraction of sp³-hybridized carbons (Fsp3) is 0.0769. The first-order valence-corrected chi connectivity index (χ1v) is 5.51. The number of hydrogen-bond donors (Lipinski definition) is 2. The number of anilines is 1. The lowest BCUT2D eigenvalue weighted by atomic mass is 10.2. The van der Waals surface area contributed by atoms with Gasteiger partial charge in [-0.05, 0) is 17.7 Å². The molecule has 0 fully saturated rings. The Labute approximate surface area is 109 Å². The minimum Gasteiger partial charge on any atom is -0.457 e. The van der Waals surface area contributed by atoms with E-state index in [4.69, 9.17) is 15.6 Å². The van der Waals surface area contributed by atoms with Crippen molar-refractivity contribution in [2.45, 2.75) is 6.61 Å². The van der Waals surface area contributed by atoms with E-state index in [2.05, 4.69) is 0 Å². The molecule has 0 saturated heterocycles. The average Bonchev–Trinajstić information content (AvgIpc) is 2.38. The first-order chi connectivity index (χ1) is 9.08. The molecule has 2 aromatic rings. The lowest BCUT2D eigenvalue weighted by Crippen LogP contribution is -1.94. The van der Waals surface area contributed by atoms with Crippen LogP contribution in [0.4, 0.5) is 11.4 Å². The molecule has 19 heavy (non-hydrogen) atoms. The summed E-state index contributed by atoms with van der Waals surface area (Å²) < 4.78 is 5.50. The molecular weight excluding hydrogens is 248 g/mol. The SMILES string of the molecule is Nc1cc(Oc2cccc(CO)c2)cc([N+](=O)[O-])c1. The Hall–Kier alpha value is -2.60. The van der Waals surface area contributed by atoms with Gasteiger partial charge in [0.1, 0.15) is 11.5 Å². The van der Waals surface area contributed by atoms with Gasteiger partial charge < -0.3 is 15.6 Å². The minimum atomic E-state index is -0.534. The Kier molecular flexibility index (Phi) is 3.63. The molecule has 0 aromatic heterocycles. The number of hydrogen-bond acceptors (Lipinski definition) is 5. The summed E-state index contributed by atoms with van der Waals surface area (Å²) in [6.07, 6.45) is 0. The van der Waals surface area contributed by atoms with E-state index in [0.717, 1.165) is 0 Å². The summed E-state index contributed by atoms with van der Waals surface area (Å²) >= 11 is 0. The van der Waals surface area contributed by atoms with Crippen molar-refractivity contribution in [2.75, 3.05) is 5.73 Å². The molecular formula is C13H12N2O4. The summed E-state index contributed by atoms with van der Waals surface area (Å²) in [6, 6.07) is 10.9. The monoisotopic (exact) mass is 260 g/mol. The van der Waals surface area contributed by atoms with Crippen molar-refractivity contribution >= 4 is 11.4 Å². The zero-order valence-electron chi connectivity index (χ0n) is 9.95. The van der Waals surface area contributed by atoms with Crippen LogP contribution < -0.4 is 10.5 Å². The van der Waals surface area contributed by atoms with Crippen molar-refractivity contribution < 1.29 is 14.8 Å². The average molecular weight is 260 g/mol. The highest BCUT2D eigenvalue weighted by atomic mass is 16.6. The number of benzene rings is 2. The number of rotatable bonds is 4. The predicted octanol–water partition coefficient (Wildman–Crippen LogP) is 2.46. The maximum absolute atomic E-state index is 10.7. The quantitative estimate of drug-likeness (QED) is 0.499. The molecule has 0 amide bonds. The number of nitrogens with two attached hydrogens (primary N) is 1. The fourth-order valence-corrected chi connectivity index (χ4v) is 1.61. The number of aliphatic hydroxyl groups is 1. The van der Waals surface area contributed by atoms with E-state index in [1.54, 1.807) is 24.3 Å². The van der Waals surface area contributed by atoms with E-state index in [1.807, 2.05) is 0 Å². The Bertz CT molecular complexity index is 613. The highest BCUT2D eigenvalue weighted by molar-refractivity contribution is 5.54. The maximum Gasteiger partial charge on any atom is 0.275 e. The Morgan fingerprint density at radius 1 is 1.21 bits per heavy atom. The normalized spacial score (nSPS) is 10.2. The van der Waals surface area contributed by atoms with Gasteiger partial charge in [-0.15, -0.1) is 0 Å². The van der Waals surface area contributed by atoms with Crippen molar-refractivity contribution in [3.05, 3.63) is 58.1 Å². The second-order valence-electron chi connectivity index (χ2n) is 3.92. The second-order valence-corrected chi connectivity index (χ2v) is 3.92. The Morgan fingerprint density at radius 3 is 2.68 bits per heavy atom. The van der Waals surface area contributed by atoms with Crippen LogP contribution in [-0.4, -0.2) is 10.0 Å². The first-order valence-electron chi connectivity index (χ1n) is 5.51. The number of nitro groups is 1. The maximum atomic E-state index is 10.7. The van der Waals surface area contributed by atoms with E-state index in [0.29, 0.717) is 11.3 Å². The number of nitrogen functional groups attached to an aromatic ring is 1. The van der Waals surface area contributed by atoms with Crippen LogP contribution >= 0.6 is 0 Å². The lowest BCUT2D eigenvalue weighted by molar-refractivity contribution is -0.384. The number of nitro benzene ring substituents is 1. The molecule has 0 aliphatic carbocycles. The highest BCUT2D eigenvalue weighted by Gasteiger charge is 2.10. The van der Waals surface area contributed by atoms with Crippen LogP contribution in [0, 0.1) is 10.1 Å². The van der Waals surface area contributed by atoms with E-state index < -0.39 is 4.92 Å². The molecule has 0 saturated carbocycles. The molecule has 2 rings (SSSR count). The third kappa shape index (κ3) is 3.20. The molecule has 2 aromatic carbocycles. The third-order valence-corrected chi connectivity index (χ3v) is 2.44. The van der Waals surface area contributed by atoms with Gasteiger partial charge >= 0.3 is 0 Å². The molecule has 6 nitrogen and oxygen atoms in total. The number of ether oxygens (including phenoxy) is 1. The molecule has 0 bridgehead atoms. The molecule has 0 aliphatic heterocycles. The van der Waals surface area contributed by atoms with Crippen molar-refractivity contribution in [2.24, 2.45) is 0 Å². The summed E-state index contributed by atoms with van der Waals surface area (Å²) in [5.41, 5.74) is 6.39. The van der Waals surface area contributed by atoms with Crippen LogP contribution in [-0.2, 0) is 6.61 Å². The third-order valence-electron chi connectivity index (χ3n) is 2.44. The molecule has 0 radical (unpaired) electrons. The van der Waals surface area contributed by atoms with Crippen LogP contribution in [0.15, 0.2) is 42.5 Å². The fourth-order valence-electron chi connectivity index (χ4n) is 1.61. The topological polar surface area (TPSA) is 98.6 Å². The van der Waals surface area contributed by atoms with Gasteiger partial charge in [0.2, 0.25) is 0 Å². The van der Waals surface area contributed by atoms with Crippen LogP contribution in [0.2, 0.25) is 0 Å². The summed E-state index contributed by atoms with van der Waals surface area (Å²) in [6.45, 7) is -0.103. The molecule has 6 heteroatoms. The summed E-state index contributed by atoms with van der Waals surface area (Å²) in [5, 5.41) is 19.7. The van der Waals surface area contributed by atoms with Gasteiger partial charge in [0.05, 0.1) is 17.6 Å². The summed E-state index contributed by atoms with van der Waals surface area (Å²) in [4.78, 5) is 10.2. The molecule has 98 valence electrons. The predicted molar refractivity (Wildman–Crippen MR) is 69.9 cm³/mol. The van der Waals surface area contributed by atoms with Gasteiger partial charge in [0.15, 0.2) is 0 Å². The zero-order chi connectivity index (χ0) is 13.8. The zero-order valence-corrected chi connectivity index (χ0v) is 9.95. The largest absolute Gasteiger partial charge is 0.457 e. The molecule has 0 unspecified atom stereocenters. The lowest BCUT2D eigenvalue weighted by Gasteiger charge is -2.07. The van der Waals surface area contributed by atoms with Crippen LogP contribution in [0.3, 0.4) is 0 Å². The number of aliphatic hydroxyl groups excluding tert-OH is 1. The first kappa shape index (κ1) is 12.8. The molecule has 0 atom stereocenters. The minimum absolute atomic E-state index is 0.103. The van der Waals surface area contributed by atoms with Crippen molar-refractivity contribution in [3.63, 3.8) is 0 Å². The molecule has 0 heterocycles. The highest BCUT2D eigenvalue weighted by Crippen LogP contribution is 2.28. The Morgan fingerprint density at radius 2 is 2.00 bits per heavy atom. The van der Waals surface area contributed by atoms with Gasteiger partial charge in [0, 0.05) is 17.8 Å². The van der Waals surface area contributed by atoms with Gasteiger partial charge in [-0.3, -0.25) is 10.1 Å². The molecule has 3 N–H and O–H groups in total. The van der Waals surface area contributed by atoms with E-state index in [1.165, 1.54) is 18.2 Å².